The number of carboxylic acids is 2. The zero-order valence-corrected chi connectivity index (χ0v) is 21.8. The number of benzene rings is 2. The lowest BCUT2D eigenvalue weighted by molar-refractivity contribution is -0.142. The van der Waals surface area contributed by atoms with E-state index in [1.165, 1.54) is 24.3 Å². The van der Waals surface area contributed by atoms with E-state index in [4.69, 9.17) is 11.5 Å². The Morgan fingerprint density at radius 2 is 0.974 bits per heavy atom. The highest BCUT2D eigenvalue weighted by atomic mass is 33.1. The van der Waals surface area contributed by atoms with Crippen LogP contribution in [0.25, 0.3) is 0 Å². The number of carbonyl (C=O) groups excluding carboxylic acids is 2. The number of aliphatic carboxylic acids is 2. The second-order valence-corrected chi connectivity index (χ2v) is 10.9. The molecule has 2 rings (SSSR count). The van der Waals surface area contributed by atoms with Crippen molar-refractivity contribution in [3.05, 3.63) is 59.7 Å². The molecule has 38 heavy (non-hydrogen) atoms. The Hall–Kier alpha value is -3.46. The number of aromatic hydroxyl groups is 2. The summed E-state index contributed by atoms with van der Waals surface area (Å²) in [6.07, 6.45) is 0.00796. The highest BCUT2D eigenvalue weighted by Gasteiger charge is 2.25. The highest BCUT2D eigenvalue weighted by molar-refractivity contribution is 8.76. The lowest BCUT2D eigenvalue weighted by Gasteiger charge is -2.19. The van der Waals surface area contributed by atoms with Gasteiger partial charge in [-0.25, -0.2) is 9.59 Å². The van der Waals surface area contributed by atoms with Crippen LogP contribution in [0.1, 0.15) is 11.1 Å². The third-order valence-electron chi connectivity index (χ3n) is 5.23. The topological polar surface area (TPSA) is 225 Å². The van der Waals surface area contributed by atoms with Gasteiger partial charge in [-0.05, 0) is 35.4 Å². The molecule has 0 spiro atoms. The van der Waals surface area contributed by atoms with Crippen LogP contribution in [-0.4, -0.2) is 79.9 Å². The van der Waals surface area contributed by atoms with Gasteiger partial charge in [0.1, 0.15) is 23.6 Å². The molecule has 0 aliphatic heterocycles. The average Bonchev–Trinajstić information content (AvgIpc) is 2.87. The predicted octanol–water partition coefficient (Wildman–Crippen LogP) is 0.0578. The van der Waals surface area contributed by atoms with Gasteiger partial charge in [-0.15, -0.1) is 0 Å². The second-order valence-electron chi connectivity index (χ2n) is 8.32. The number of hydrogen-bond acceptors (Lipinski definition) is 10. The number of phenols is 2. The molecule has 0 aliphatic carbocycles. The number of amides is 2. The van der Waals surface area contributed by atoms with Crippen LogP contribution in [0.15, 0.2) is 48.5 Å². The van der Waals surface area contributed by atoms with Gasteiger partial charge in [-0.3, -0.25) is 9.59 Å². The van der Waals surface area contributed by atoms with Gasteiger partial charge in [0.2, 0.25) is 11.8 Å². The molecule has 12 nitrogen and oxygen atoms in total. The van der Waals surface area contributed by atoms with Crippen molar-refractivity contribution in [2.75, 3.05) is 11.5 Å². The smallest absolute Gasteiger partial charge is 0.326 e. The van der Waals surface area contributed by atoms with Crippen molar-refractivity contribution in [1.29, 1.82) is 0 Å². The zero-order chi connectivity index (χ0) is 28.2. The molecule has 14 heteroatoms. The molecule has 2 amide bonds. The van der Waals surface area contributed by atoms with Crippen LogP contribution in [-0.2, 0) is 32.0 Å². The standard InChI is InChI=1S/C24H30N4O8S2/c25-17(21(31)27-19(23(33)34)9-13-1-5-15(29)6-2-13)11-37-38-12-18(26)22(32)28-20(24(35)36)10-14-3-7-16(30)8-4-14/h1-8,17-20,29-30H,9-12,25-26H2,(H,27,31)(H,28,32)(H,33,34)(H,35,36). The van der Waals surface area contributed by atoms with E-state index in [1.54, 1.807) is 24.3 Å². The fourth-order valence-corrected chi connectivity index (χ4v) is 5.33. The minimum absolute atomic E-state index is 0.00398. The number of hydrogen-bond donors (Lipinski definition) is 8. The normalized spacial score (nSPS) is 14.1. The molecular formula is C24H30N4O8S2. The van der Waals surface area contributed by atoms with Crippen molar-refractivity contribution in [3.8, 4) is 11.5 Å². The summed E-state index contributed by atoms with van der Waals surface area (Å²) in [6, 6.07) is 7.39. The lowest BCUT2D eigenvalue weighted by Crippen LogP contribution is -2.50. The van der Waals surface area contributed by atoms with E-state index >= 15 is 0 Å². The third kappa shape index (κ3) is 10.5. The van der Waals surface area contributed by atoms with Crippen molar-refractivity contribution in [1.82, 2.24) is 10.6 Å². The van der Waals surface area contributed by atoms with Gasteiger partial charge in [0.15, 0.2) is 0 Å². The Kier molecular flexibility index (Phi) is 12.2. The molecule has 0 fully saturated rings. The van der Waals surface area contributed by atoms with E-state index in [0.29, 0.717) is 11.1 Å². The van der Waals surface area contributed by atoms with Crippen LogP contribution in [0, 0.1) is 0 Å². The quantitative estimate of drug-likeness (QED) is 0.106. The van der Waals surface area contributed by atoms with Crippen LogP contribution in [0.3, 0.4) is 0 Å². The Labute approximate surface area is 226 Å². The highest BCUT2D eigenvalue weighted by Crippen LogP contribution is 2.22. The summed E-state index contributed by atoms with van der Waals surface area (Å²) in [5.74, 6) is -3.51. The first-order valence-electron chi connectivity index (χ1n) is 11.3. The number of nitrogens with two attached hydrogens (primary N) is 2. The minimum Gasteiger partial charge on any atom is -0.508 e. The van der Waals surface area contributed by atoms with Gasteiger partial charge in [-0.2, -0.15) is 0 Å². The molecule has 2 aromatic rings. The molecule has 4 unspecified atom stereocenters. The summed E-state index contributed by atoms with van der Waals surface area (Å²) in [6.45, 7) is 0. The van der Waals surface area contributed by atoms with Crippen LogP contribution in [0.5, 0.6) is 11.5 Å². The first-order valence-corrected chi connectivity index (χ1v) is 13.8. The monoisotopic (exact) mass is 566 g/mol. The molecule has 0 saturated carbocycles. The van der Waals surface area contributed by atoms with Crippen molar-refractivity contribution in [2.45, 2.75) is 37.0 Å². The summed E-state index contributed by atoms with van der Waals surface area (Å²) in [7, 11) is 2.32. The Bertz CT molecular complexity index is 1010. The first kappa shape index (κ1) is 30.8. The Morgan fingerprint density at radius 3 is 1.26 bits per heavy atom. The fraction of sp³-hybridized carbons (Fsp3) is 0.333. The largest absolute Gasteiger partial charge is 0.508 e. The number of nitrogens with one attached hydrogen (secondary N) is 2. The van der Waals surface area contributed by atoms with Crippen LogP contribution in [0.2, 0.25) is 0 Å². The van der Waals surface area contributed by atoms with Crippen LogP contribution in [0.4, 0.5) is 0 Å². The number of rotatable bonds is 15. The number of carboxylic acid groups (broad SMARTS) is 2. The molecular weight excluding hydrogens is 536 g/mol. The maximum absolute atomic E-state index is 12.4. The number of phenolic OH excluding ortho intramolecular Hbond substituents is 2. The lowest BCUT2D eigenvalue weighted by atomic mass is 10.1. The van der Waals surface area contributed by atoms with Crippen molar-refractivity contribution in [3.63, 3.8) is 0 Å². The minimum atomic E-state index is -1.23. The molecule has 0 saturated heterocycles. The van der Waals surface area contributed by atoms with E-state index in [2.05, 4.69) is 10.6 Å². The van der Waals surface area contributed by atoms with Crippen molar-refractivity contribution < 1.29 is 39.6 Å². The SMILES string of the molecule is NC(CSSCC(N)C(=O)NC(Cc1ccc(O)cc1)C(=O)O)C(=O)NC(Cc1ccc(O)cc1)C(=O)O. The number of carbonyl (C=O) groups is 4. The molecule has 10 N–H and O–H groups in total. The van der Waals surface area contributed by atoms with Gasteiger partial charge in [-0.1, -0.05) is 45.9 Å². The molecule has 0 heterocycles. The third-order valence-corrected chi connectivity index (χ3v) is 7.71. The molecule has 0 aliphatic rings. The summed E-state index contributed by atoms with van der Waals surface area (Å²) >= 11 is 0. The summed E-state index contributed by atoms with van der Waals surface area (Å²) in [4.78, 5) is 47.8. The van der Waals surface area contributed by atoms with E-state index in [0.717, 1.165) is 21.6 Å². The van der Waals surface area contributed by atoms with E-state index < -0.39 is 47.9 Å². The van der Waals surface area contributed by atoms with Gasteiger partial charge < -0.3 is 42.5 Å². The molecule has 0 bridgehead atoms. The average molecular weight is 567 g/mol. The van der Waals surface area contributed by atoms with Gasteiger partial charge in [0, 0.05) is 24.3 Å². The molecule has 0 radical (unpaired) electrons. The van der Waals surface area contributed by atoms with E-state index in [9.17, 15) is 39.6 Å². The zero-order valence-electron chi connectivity index (χ0n) is 20.1. The molecule has 206 valence electrons. The van der Waals surface area contributed by atoms with Crippen molar-refractivity contribution in [2.24, 2.45) is 11.5 Å². The molecule has 4 atom stereocenters. The van der Waals surface area contributed by atoms with E-state index in [1.807, 2.05) is 0 Å². The Morgan fingerprint density at radius 1 is 0.658 bits per heavy atom. The molecule has 2 aromatic carbocycles. The van der Waals surface area contributed by atoms with Crippen LogP contribution < -0.4 is 22.1 Å². The summed E-state index contributed by atoms with van der Waals surface area (Å²) < 4.78 is 0. The van der Waals surface area contributed by atoms with E-state index in [-0.39, 0.29) is 35.8 Å². The van der Waals surface area contributed by atoms with Gasteiger partial charge in [0.05, 0.1) is 12.1 Å². The maximum atomic E-state index is 12.4. The van der Waals surface area contributed by atoms with Gasteiger partial charge in [0.25, 0.3) is 0 Å². The second kappa shape index (κ2) is 15.1. The van der Waals surface area contributed by atoms with Gasteiger partial charge >= 0.3 is 11.9 Å². The summed E-state index contributed by atoms with van der Waals surface area (Å²) in [5.41, 5.74) is 13.0. The predicted molar refractivity (Wildman–Crippen MR) is 144 cm³/mol. The Balaban J connectivity index is 1.76. The summed E-state index contributed by atoms with van der Waals surface area (Å²) in [5, 5.41) is 42.3. The van der Waals surface area contributed by atoms with Crippen molar-refractivity contribution >= 4 is 45.3 Å². The first-order chi connectivity index (χ1) is 18.0. The van der Waals surface area contributed by atoms with Crippen LogP contribution >= 0.6 is 21.6 Å². The molecule has 0 aromatic heterocycles. The maximum Gasteiger partial charge on any atom is 0.326 e. The fourth-order valence-electron chi connectivity index (χ4n) is 3.09.